The molecule has 22 heavy (non-hydrogen) atoms. The zero-order valence-electron chi connectivity index (χ0n) is 11.6. The third kappa shape index (κ3) is 2.08. The number of rotatable bonds is 3. The van der Waals surface area contributed by atoms with Crippen molar-refractivity contribution >= 4 is 23.0 Å². The van der Waals surface area contributed by atoms with Crippen LogP contribution in [0.25, 0.3) is 11.2 Å². The highest BCUT2D eigenvalue weighted by Gasteiger charge is 2.48. The zero-order valence-corrected chi connectivity index (χ0v) is 11.6. The van der Waals surface area contributed by atoms with E-state index in [4.69, 9.17) is 15.6 Å². The Morgan fingerprint density at radius 3 is 2.77 bits per heavy atom. The summed E-state index contributed by atoms with van der Waals surface area (Å²) in [5.74, 6) is -1.93. The van der Waals surface area contributed by atoms with Gasteiger partial charge in [-0.1, -0.05) is 0 Å². The van der Waals surface area contributed by atoms with Crippen molar-refractivity contribution in [2.45, 2.75) is 31.5 Å². The number of anilines is 1. The summed E-state index contributed by atoms with van der Waals surface area (Å²) in [5, 5.41) is 29.3. The predicted octanol–water partition coefficient (Wildman–Crippen LogP) is -1.25. The van der Waals surface area contributed by atoms with Gasteiger partial charge >= 0.3 is 5.97 Å². The number of carboxylic acids is 1. The molecule has 0 saturated carbocycles. The lowest BCUT2D eigenvalue weighted by Crippen LogP contribution is -2.37. The number of carbonyl (C=O) groups is 1. The van der Waals surface area contributed by atoms with Crippen LogP contribution in [-0.4, -0.2) is 59.1 Å². The summed E-state index contributed by atoms with van der Waals surface area (Å²) in [6.45, 7) is 1.40. The number of aliphatic hydroxyl groups excluding tert-OH is 2. The second-order valence-corrected chi connectivity index (χ2v) is 5.18. The van der Waals surface area contributed by atoms with Crippen LogP contribution in [0.15, 0.2) is 12.7 Å². The molecular weight excluding hydrogens is 294 g/mol. The molecule has 1 saturated heterocycles. The quantitative estimate of drug-likeness (QED) is 0.543. The predicted molar refractivity (Wildman–Crippen MR) is 72.5 cm³/mol. The van der Waals surface area contributed by atoms with Gasteiger partial charge in [-0.2, -0.15) is 0 Å². The number of aromatic nitrogens is 4. The van der Waals surface area contributed by atoms with Crippen molar-refractivity contribution in [2.75, 3.05) is 5.73 Å². The summed E-state index contributed by atoms with van der Waals surface area (Å²) in [5.41, 5.74) is 6.35. The molecule has 1 aliphatic rings. The summed E-state index contributed by atoms with van der Waals surface area (Å²) in [4.78, 5) is 23.0. The Kier molecular flexibility index (Phi) is 3.43. The molecule has 10 heteroatoms. The molecule has 0 bridgehead atoms. The summed E-state index contributed by atoms with van der Waals surface area (Å²) in [6, 6.07) is 0. The molecule has 0 spiro atoms. The second kappa shape index (κ2) is 5.16. The van der Waals surface area contributed by atoms with Crippen molar-refractivity contribution in [3.8, 4) is 0 Å². The molecule has 3 heterocycles. The van der Waals surface area contributed by atoms with Gasteiger partial charge in [0.05, 0.1) is 12.2 Å². The molecule has 1 aliphatic heterocycles. The Morgan fingerprint density at radius 1 is 1.36 bits per heavy atom. The molecular formula is C12H15N5O5. The Bertz CT molecular complexity index is 719. The van der Waals surface area contributed by atoms with Crippen LogP contribution in [0, 0.1) is 5.92 Å². The van der Waals surface area contributed by atoms with E-state index in [9.17, 15) is 15.0 Å². The number of nitrogen functional groups attached to an aromatic ring is 1. The maximum absolute atomic E-state index is 11.1. The summed E-state index contributed by atoms with van der Waals surface area (Å²) in [7, 11) is 0. The number of imidazole rings is 1. The molecule has 0 radical (unpaired) electrons. The number of ether oxygens (including phenoxy) is 1. The van der Waals surface area contributed by atoms with Gasteiger partial charge in [0, 0.05) is 0 Å². The minimum Gasteiger partial charge on any atom is -0.481 e. The highest BCUT2D eigenvalue weighted by molar-refractivity contribution is 5.81. The number of carboxylic acid groups (broad SMARTS) is 1. The fourth-order valence-corrected chi connectivity index (χ4v) is 2.53. The van der Waals surface area contributed by atoms with E-state index in [1.165, 1.54) is 24.1 Å². The van der Waals surface area contributed by atoms with Crippen molar-refractivity contribution in [1.29, 1.82) is 0 Å². The molecule has 10 nitrogen and oxygen atoms in total. The molecule has 3 rings (SSSR count). The topological polar surface area (TPSA) is 157 Å². The standard InChI is InChI=1S/C12H15N5O5/c1-4(12(20)21)8-6(18)7(19)11(22-8)17-3-16-5-9(13)14-2-15-10(5)17/h2-4,6-8,11,18-19H,1H3,(H,20,21)(H2,13,14,15)/t4?,6-,7+,8+,11+/m0/s1. The van der Waals surface area contributed by atoms with E-state index in [2.05, 4.69) is 15.0 Å². The molecule has 118 valence electrons. The average Bonchev–Trinajstić information content (AvgIpc) is 3.02. The van der Waals surface area contributed by atoms with Gasteiger partial charge in [-0.15, -0.1) is 0 Å². The van der Waals surface area contributed by atoms with Crippen molar-refractivity contribution < 1.29 is 24.9 Å². The number of nitrogens with two attached hydrogens (primary N) is 1. The lowest BCUT2D eigenvalue weighted by Gasteiger charge is -2.18. The van der Waals surface area contributed by atoms with Crippen LogP contribution in [-0.2, 0) is 9.53 Å². The highest BCUT2D eigenvalue weighted by atomic mass is 16.6. The monoisotopic (exact) mass is 309 g/mol. The minimum absolute atomic E-state index is 0.173. The van der Waals surface area contributed by atoms with E-state index in [0.29, 0.717) is 11.2 Å². The van der Waals surface area contributed by atoms with Gasteiger partial charge in [0.15, 0.2) is 17.7 Å². The number of nitrogens with zero attached hydrogens (tertiary/aromatic N) is 4. The largest absolute Gasteiger partial charge is 0.481 e. The third-order valence-corrected chi connectivity index (χ3v) is 3.82. The van der Waals surface area contributed by atoms with Gasteiger partial charge in [0.2, 0.25) is 0 Å². The molecule has 0 aromatic carbocycles. The number of aliphatic hydroxyl groups is 2. The van der Waals surface area contributed by atoms with E-state index in [0.717, 1.165) is 0 Å². The van der Waals surface area contributed by atoms with Gasteiger partial charge in [-0.25, -0.2) is 15.0 Å². The average molecular weight is 309 g/mol. The molecule has 1 unspecified atom stereocenters. The van der Waals surface area contributed by atoms with Gasteiger partial charge in [-0.3, -0.25) is 9.36 Å². The Labute approximate surface area is 124 Å². The Morgan fingerprint density at radius 2 is 2.09 bits per heavy atom. The molecule has 2 aromatic rings. The third-order valence-electron chi connectivity index (χ3n) is 3.82. The maximum Gasteiger partial charge on any atom is 0.308 e. The molecule has 0 amide bonds. The Balaban J connectivity index is 1.98. The molecule has 1 fully saturated rings. The minimum atomic E-state index is -1.34. The van der Waals surface area contributed by atoms with Gasteiger partial charge in [0.1, 0.15) is 30.2 Å². The van der Waals surface area contributed by atoms with Crippen LogP contribution in [0.4, 0.5) is 5.82 Å². The molecule has 2 aromatic heterocycles. The summed E-state index contributed by atoms with van der Waals surface area (Å²) < 4.78 is 6.94. The van der Waals surface area contributed by atoms with Gasteiger partial charge < -0.3 is 25.8 Å². The first-order valence-electron chi connectivity index (χ1n) is 6.59. The summed E-state index contributed by atoms with van der Waals surface area (Å²) >= 11 is 0. The van der Waals surface area contributed by atoms with E-state index in [-0.39, 0.29) is 5.82 Å². The first-order chi connectivity index (χ1) is 10.4. The second-order valence-electron chi connectivity index (χ2n) is 5.18. The van der Waals surface area contributed by atoms with Crippen LogP contribution in [0.3, 0.4) is 0 Å². The highest BCUT2D eigenvalue weighted by Crippen LogP contribution is 2.34. The first-order valence-corrected chi connectivity index (χ1v) is 6.59. The van der Waals surface area contributed by atoms with Crippen LogP contribution in [0.1, 0.15) is 13.2 Å². The number of aliphatic carboxylic acids is 1. The van der Waals surface area contributed by atoms with Crippen LogP contribution < -0.4 is 5.73 Å². The van der Waals surface area contributed by atoms with E-state index >= 15 is 0 Å². The molecule has 0 aliphatic carbocycles. The van der Waals surface area contributed by atoms with Crippen molar-refractivity contribution in [1.82, 2.24) is 19.5 Å². The Hall–Kier alpha value is -2.30. The van der Waals surface area contributed by atoms with Gasteiger partial charge in [-0.05, 0) is 6.92 Å². The SMILES string of the molecule is CC(C(=O)O)[C@H]1O[C@@H](n2cnc3c(N)ncnc32)[C@H](O)[C@@H]1O. The van der Waals surface area contributed by atoms with E-state index in [1.807, 2.05) is 0 Å². The van der Waals surface area contributed by atoms with Crippen LogP contribution >= 0.6 is 0 Å². The lowest BCUT2D eigenvalue weighted by atomic mass is 9.99. The van der Waals surface area contributed by atoms with E-state index < -0.39 is 36.4 Å². The van der Waals surface area contributed by atoms with Crippen molar-refractivity contribution in [3.05, 3.63) is 12.7 Å². The number of hydrogen-bond acceptors (Lipinski definition) is 8. The van der Waals surface area contributed by atoms with Gasteiger partial charge in [0.25, 0.3) is 0 Å². The smallest absolute Gasteiger partial charge is 0.308 e. The molecule has 5 atom stereocenters. The first kappa shape index (κ1) is 14.6. The summed E-state index contributed by atoms with van der Waals surface area (Å²) in [6.07, 6.45) is -2.13. The maximum atomic E-state index is 11.1. The molecule has 5 N–H and O–H groups in total. The fourth-order valence-electron chi connectivity index (χ4n) is 2.53. The van der Waals surface area contributed by atoms with Crippen molar-refractivity contribution in [2.24, 2.45) is 5.92 Å². The fraction of sp³-hybridized carbons (Fsp3) is 0.500. The zero-order chi connectivity index (χ0) is 16.0. The van der Waals surface area contributed by atoms with Crippen molar-refractivity contribution in [3.63, 3.8) is 0 Å². The van der Waals surface area contributed by atoms with Crippen LogP contribution in [0.5, 0.6) is 0 Å². The van der Waals surface area contributed by atoms with Crippen LogP contribution in [0.2, 0.25) is 0 Å². The lowest BCUT2D eigenvalue weighted by molar-refractivity contribution is -0.149. The normalized spacial score (nSPS) is 29.8. The number of hydrogen-bond donors (Lipinski definition) is 4. The van der Waals surface area contributed by atoms with E-state index in [1.54, 1.807) is 0 Å². The number of fused-ring (bicyclic) bond motifs is 1.